The summed E-state index contributed by atoms with van der Waals surface area (Å²) >= 11 is 0. The molecule has 1 aromatic heterocycles. The van der Waals surface area contributed by atoms with Crippen molar-refractivity contribution in [3.8, 4) is 0 Å². The van der Waals surface area contributed by atoms with Crippen molar-refractivity contribution in [1.82, 2.24) is 9.55 Å². The Morgan fingerprint density at radius 2 is 2.06 bits per heavy atom. The molecule has 1 saturated carbocycles. The van der Waals surface area contributed by atoms with Gasteiger partial charge in [0.15, 0.2) is 0 Å². The van der Waals surface area contributed by atoms with Gasteiger partial charge in [-0.1, -0.05) is 25.3 Å². The van der Waals surface area contributed by atoms with E-state index in [9.17, 15) is 4.39 Å². The van der Waals surface area contributed by atoms with Gasteiger partial charge in [0.05, 0.1) is 5.52 Å². The molecule has 0 spiro atoms. The Kier molecular flexibility index (Phi) is 2.91. The standard InChI is InChI=1S/C13H17FN4/c14-10-7-4-8-11-12(10)18(13(16-11)17-15)9-5-2-1-3-6-9/h4,7-9H,1-3,5-6,15H2,(H,16,17). The number of anilines is 1. The second-order valence-corrected chi connectivity index (χ2v) is 4.85. The van der Waals surface area contributed by atoms with Crippen LogP contribution in [-0.2, 0) is 0 Å². The fourth-order valence-electron chi connectivity index (χ4n) is 2.90. The molecule has 0 bridgehead atoms. The van der Waals surface area contributed by atoms with Crippen molar-refractivity contribution in [1.29, 1.82) is 0 Å². The molecule has 1 fully saturated rings. The molecule has 1 heterocycles. The highest BCUT2D eigenvalue weighted by Crippen LogP contribution is 2.34. The van der Waals surface area contributed by atoms with E-state index in [4.69, 9.17) is 5.84 Å². The lowest BCUT2D eigenvalue weighted by molar-refractivity contribution is 0.360. The lowest BCUT2D eigenvalue weighted by atomic mass is 9.95. The van der Waals surface area contributed by atoms with Crippen molar-refractivity contribution in [2.24, 2.45) is 5.84 Å². The Morgan fingerprint density at radius 1 is 1.28 bits per heavy atom. The van der Waals surface area contributed by atoms with E-state index >= 15 is 0 Å². The molecule has 0 radical (unpaired) electrons. The Labute approximate surface area is 105 Å². The summed E-state index contributed by atoms with van der Waals surface area (Å²) in [6.07, 6.45) is 5.76. The molecule has 5 heteroatoms. The summed E-state index contributed by atoms with van der Waals surface area (Å²) in [7, 11) is 0. The zero-order chi connectivity index (χ0) is 12.5. The fourth-order valence-corrected chi connectivity index (χ4v) is 2.90. The molecular formula is C13H17FN4. The van der Waals surface area contributed by atoms with E-state index in [0.717, 1.165) is 12.8 Å². The van der Waals surface area contributed by atoms with Gasteiger partial charge in [0.25, 0.3) is 0 Å². The van der Waals surface area contributed by atoms with Crippen LogP contribution < -0.4 is 11.3 Å². The van der Waals surface area contributed by atoms with Crippen LogP contribution in [0.25, 0.3) is 11.0 Å². The Hall–Kier alpha value is -1.62. The first-order valence-corrected chi connectivity index (χ1v) is 6.44. The van der Waals surface area contributed by atoms with Crippen LogP contribution in [0.5, 0.6) is 0 Å². The summed E-state index contributed by atoms with van der Waals surface area (Å²) in [6.45, 7) is 0. The number of nitrogens with one attached hydrogen (secondary N) is 1. The van der Waals surface area contributed by atoms with Crippen molar-refractivity contribution >= 4 is 17.0 Å². The van der Waals surface area contributed by atoms with E-state index in [1.165, 1.54) is 25.3 Å². The number of nitrogen functional groups attached to an aromatic ring is 1. The van der Waals surface area contributed by atoms with Crippen LogP contribution in [0.1, 0.15) is 38.1 Å². The lowest BCUT2D eigenvalue weighted by Gasteiger charge is -2.25. The van der Waals surface area contributed by atoms with Crippen LogP contribution >= 0.6 is 0 Å². The monoisotopic (exact) mass is 248 g/mol. The summed E-state index contributed by atoms with van der Waals surface area (Å²) in [4.78, 5) is 4.35. The van der Waals surface area contributed by atoms with E-state index in [1.54, 1.807) is 6.07 Å². The number of aromatic nitrogens is 2. The predicted molar refractivity (Wildman–Crippen MR) is 69.6 cm³/mol. The Balaban J connectivity index is 2.17. The molecule has 3 rings (SSSR count). The zero-order valence-electron chi connectivity index (χ0n) is 10.2. The summed E-state index contributed by atoms with van der Waals surface area (Å²) in [5, 5.41) is 0. The van der Waals surface area contributed by atoms with Crippen molar-refractivity contribution in [2.75, 3.05) is 5.43 Å². The first kappa shape index (κ1) is 11.5. The van der Waals surface area contributed by atoms with Crippen molar-refractivity contribution < 1.29 is 4.39 Å². The fraction of sp³-hybridized carbons (Fsp3) is 0.462. The largest absolute Gasteiger partial charge is 0.304 e. The van der Waals surface area contributed by atoms with Gasteiger partial charge in [-0.15, -0.1) is 0 Å². The lowest BCUT2D eigenvalue weighted by Crippen LogP contribution is -2.19. The second kappa shape index (κ2) is 4.57. The molecule has 96 valence electrons. The molecule has 1 aromatic carbocycles. The molecule has 4 nitrogen and oxygen atoms in total. The Morgan fingerprint density at radius 3 is 2.78 bits per heavy atom. The topological polar surface area (TPSA) is 55.9 Å². The minimum absolute atomic E-state index is 0.230. The Bertz CT molecular complexity index is 557. The van der Waals surface area contributed by atoms with Crippen LogP contribution in [-0.4, -0.2) is 9.55 Å². The quantitative estimate of drug-likeness (QED) is 0.634. The highest BCUT2D eigenvalue weighted by Gasteiger charge is 2.22. The number of hydrazine groups is 1. The molecule has 0 unspecified atom stereocenters. The van der Waals surface area contributed by atoms with E-state index in [1.807, 2.05) is 10.6 Å². The van der Waals surface area contributed by atoms with E-state index in [2.05, 4.69) is 10.4 Å². The summed E-state index contributed by atoms with van der Waals surface area (Å²) in [6, 6.07) is 5.27. The number of para-hydroxylation sites is 1. The minimum Gasteiger partial charge on any atom is -0.304 e. The molecule has 3 N–H and O–H groups in total. The van der Waals surface area contributed by atoms with E-state index < -0.39 is 0 Å². The number of nitrogens with zero attached hydrogens (tertiary/aromatic N) is 2. The molecule has 0 saturated heterocycles. The van der Waals surface area contributed by atoms with Gasteiger partial charge in [0.2, 0.25) is 5.95 Å². The van der Waals surface area contributed by atoms with Crippen molar-refractivity contribution in [3.63, 3.8) is 0 Å². The smallest absolute Gasteiger partial charge is 0.218 e. The van der Waals surface area contributed by atoms with Gasteiger partial charge < -0.3 is 4.57 Å². The first-order chi connectivity index (χ1) is 8.81. The van der Waals surface area contributed by atoms with E-state index in [-0.39, 0.29) is 5.82 Å². The van der Waals surface area contributed by atoms with Crippen molar-refractivity contribution in [2.45, 2.75) is 38.1 Å². The molecule has 2 aromatic rings. The molecular weight excluding hydrogens is 231 g/mol. The molecule has 0 aliphatic heterocycles. The highest BCUT2D eigenvalue weighted by molar-refractivity contribution is 5.79. The van der Waals surface area contributed by atoms with Gasteiger partial charge in [-0.3, -0.25) is 5.43 Å². The van der Waals surface area contributed by atoms with Gasteiger partial charge in [-0.25, -0.2) is 15.2 Å². The normalized spacial score (nSPS) is 17.2. The molecule has 0 atom stereocenters. The predicted octanol–water partition coefficient (Wildman–Crippen LogP) is 2.97. The highest BCUT2D eigenvalue weighted by atomic mass is 19.1. The van der Waals surface area contributed by atoms with Gasteiger partial charge in [0.1, 0.15) is 11.3 Å². The van der Waals surface area contributed by atoms with Gasteiger partial charge >= 0.3 is 0 Å². The maximum absolute atomic E-state index is 14.0. The number of benzene rings is 1. The maximum atomic E-state index is 14.0. The van der Waals surface area contributed by atoms with Crippen LogP contribution in [0, 0.1) is 5.82 Å². The zero-order valence-corrected chi connectivity index (χ0v) is 10.2. The van der Waals surface area contributed by atoms with Crippen LogP contribution in [0.15, 0.2) is 18.2 Å². The summed E-state index contributed by atoms with van der Waals surface area (Å²) in [5.74, 6) is 5.84. The average Bonchev–Trinajstić information content (AvgIpc) is 2.79. The SMILES string of the molecule is NNc1nc2cccc(F)c2n1C1CCCCC1. The number of rotatable bonds is 2. The van der Waals surface area contributed by atoms with Gasteiger partial charge in [0, 0.05) is 6.04 Å². The van der Waals surface area contributed by atoms with Crippen LogP contribution in [0.2, 0.25) is 0 Å². The molecule has 1 aliphatic rings. The number of hydrogen-bond acceptors (Lipinski definition) is 3. The number of imidazole rings is 1. The summed E-state index contributed by atoms with van der Waals surface area (Å²) in [5.41, 5.74) is 3.82. The number of halogens is 1. The number of nitrogens with two attached hydrogens (primary N) is 1. The van der Waals surface area contributed by atoms with E-state index in [0.29, 0.717) is 23.0 Å². The number of hydrogen-bond donors (Lipinski definition) is 2. The average molecular weight is 248 g/mol. The molecule has 1 aliphatic carbocycles. The maximum Gasteiger partial charge on any atom is 0.218 e. The van der Waals surface area contributed by atoms with Gasteiger partial charge in [-0.2, -0.15) is 0 Å². The number of fused-ring (bicyclic) bond motifs is 1. The second-order valence-electron chi connectivity index (χ2n) is 4.85. The third-order valence-electron chi connectivity index (χ3n) is 3.73. The van der Waals surface area contributed by atoms with Gasteiger partial charge in [-0.05, 0) is 25.0 Å². The van der Waals surface area contributed by atoms with Crippen LogP contribution in [0.3, 0.4) is 0 Å². The van der Waals surface area contributed by atoms with Crippen molar-refractivity contribution in [3.05, 3.63) is 24.0 Å². The first-order valence-electron chi connectivity index (χ1n) is 6.44. The third-order valence-corrected chi connectivity index (χ3v) is 3.73. The summed E-state index contributed by atoms with van der Waals surface area (Å²) < 4.78 is 16.0. The molecule has 18 heavy (non-hydrogen) atoms. The molecule has 0 amide bonds. The third kappa shape index (κ3) is 1.75. The minimum atomic E-state index is -0.230. The van der Waals surface area contributed by atoms with Crippen LogP contribution in [0.4, 0.5) is 10.3 Å².